The van der Waals surface area contributed by atoms with Crippen molar-refractivity contribution in [3.63, 3.8) is 0 Å². The second-order valence-corrected chi connectivity index (χ2v) is 3.32. The van der Waals surface area contributed by atoms with E-state index in [-0.39, 0.29) is 0 Å². The largest absolute Gasteiger partial charge is 0.324 e. The molecule has 0 aliphatic rings. The van der Waals surface area contributed by atoms with Gasteiger partial charge in [0.1, 0.15) is 0 Å². The van der Waals surface area contributed by atoms with Gasteiger partial charge in [0.05, 0.1) is 26.2 Å². The predicted molar refractivity (Wildman–Crippen MR) is 54.8 cm³/mol. The maximum atomic E-state index is 5.23. The fourth-order valence-corrected chi connectivity index (χ4v) is 1.66. The van der Waals surface area contributed by atoms with Gasteiger partial charge in [-0.15, -0.1) is 12.3 Å². The van der Waals surface area contributed by atoms with Crippen molar-refractivity contribution in [3.8, 4) is 12.3 Å². The molecule has 0 aliphatic carbocycles. The molecule has 0 saturated carbocycles. The molecule has 0 bridgehead atoms. The van der Waals surface area contributed by atoms with Crippen LogP contribution in [0.1, 0.15) is 33.6 Å². The Morgan fingerprint density at radius 3 is 1.92 bits per heavy atom. The lowest BCUT2D eigenvalue weighted by atomic mass is 10.2. The first-order chi connectivity index (χ1) is 5.74. The lowest BCUT2D eigenvalue weighted by Crippen LogP contribution is -2.48. The third-order valence-corrected chi connectivity index (χ3v) is 2.97. The van der Waals surface area contributed by atoms with Crippen molar-refractivity contribution in [3.05, 3.63) is 0 Å². The first-order valence-corrected chi connectivity index (χ1v) is 5.03. The molecular formula is C11H22N+. The van der Waals surface area contributed by atoms with Gasteiger partial charge in [-0.1, -0.05) is 0 Å². The average Bonchev–Trinajstić information content (AvgIpc) is 2.14. The Labute approximate surface area is 77.4 Å². The second-order valence-electron chi connectivity index (χ2n) is 3.32. The summed E-state index contributed by atoms with van der Waals surface area (Å²) in [5, 5.41) is 0. The van der Waals surface area contributed by atoms with Crippen LogP contribution in [0.25, 0.3) is 0 Å². The number of hydrogen-bond donors (Lipinski definition) is 0. The Morgan fingerprint density at radius 2 is 1.58 bits per heavy atom. The van der Waals surface area contributed by atoms with Crippen LogP contribution < -0.4 is 0 Å². The molecule has 0 saturated heterocycles. The number of nitrogens with zero attached hydrogens (tertiary/aromatic N) is 1. The van der Waals surface area contributed by atoms with Crippen molar-refractivity contribution < 1.29 is 4.48 Å². The molecule has 0 aromatic heterocycles. The lowest BCUT2D eigenvalue weighted by Gasteiger charge is -2.35. The Morgan fingerprint density at radius 1 is 1.08 bits per heavy atom. The van der Waals surface area contributed by atoms with E-state index in [0.717, 1.165) is 6.42 Å². The molecule has 0 atom stereocenters. The number of unbranched alkanes of at least 4 members (excludes halogenated alkanes) is 1. The Balaban J connectivity index is 3.86. The lowest BCUT2D eigenvalue weighted by molar-refractivity contribution is -0.923. The van der Waals surface area contributed by atoms with Crippen molar-refractivity contribution >= 4 is 0 Å². The summed E-state index contributed by atoms with van der Waals surface area (Å²) in [6.45, 7) is 11.7. The maximum Gasteiger partial charge on any atom is 0.0795 e. The van der Waals surface area contributed by atoms with Crippen molar-refractivity contribution in [1.82, 2.24) is 0 Å². The van der Waals surface area contributed by atoms with E-state index >= 15 is 0 Å². The topological polar surface area (TPSA) is 0 Å². The van der Waals surface area contributed by atoms with Gasteiger partial charge in [-0.2, -0.15) is 0 Å². The highest BCUT2D eigenvalue weighted by molar-refractivity contribution is 4.82. The van der Waals surface area contributed by atoms with Gasteiger partial charge in [-0.25, -0.2) is 0 Å². The van der Waals surface area contributed by atoms with E-state index in [4.69, 9.17) is 6.42 Å². The summed E-state index contributed by atoms with van der Waals surface area (Å²) in [6, 6.07) is 0. The summed E-state index contributed by atoms with van der Waals surface area (Å²) in [6.07, 6.45) is 7.33. The van der Waals surface area contributed by atoms with E-state index in [1.165, 1.54) is 37.1 Å². The monoisotopic (exact) mass is 168 g/mol. The Hall–Kier alpha value is -0.480. The summed E-state index contributed by atoms with van der Waals surface area (Å²) in [4.78, 5) is 0. The van der Waals surface area contributed by atoms with Crippen molar-refractivity contribution in [1.29, 1.82) is 0 Å². The van der Waals surface area contributed by atoms with Crippen molar-refractivity contribution in [2.24, 2.45) is 0 Å². The Kier molecular flexibility index (Phi) is 5.84. The standard InChI is InChI=1S/C11H22N/c1-5-9-10-11-12(6-2,7-3)8-4/h1H,6-11H2,2-4H3/q+1. The zero-order chi connectivity index (χ0) is 9.45. The number of terminal acetylenes is 1. The van der Waals surface area contributed by atoms with Crippen LogP contribution >= 0.6 is 0 Å². The predicted octanol–water partition coefficient (Wildman–Crippen LogP) is 2.28. The number of quaternary nitrogens is 1. The summed E-state index contributed by atoms with van der Waals surface area (Å²) >= 11 is 0. The molecular weight excluding hydrogens is 146 g/mol. The summed E-state index contributed by atoms with van der Waals surface area (Å²) < 4.78 is 1.22. The molecule has 1 heteroatoms. The summed E-state index contributed by atoms with van der Waals surface area (Å²) in [5.41, 5.74) is 0. The van der Waals surface area contributed by atoms with E-state index in [1.807, 2.05) is 0 Å². The molecule has 70 valence electrons. The van der Waals surface area contributed by atoms with Crippen molar-refractivity contribution in [2.45, 2.75) is 33.6 Å². The molecule has 0 heterocycles. The first-order valence-electron chi connectivity index (χ1n) is 5.03. The minimum atomic E-state index is 0.931. The molecule has 1 nitrogen and oxygen atoms in total. The molecule has 0 spiro atoms. The van der Waals surface area contributed by atoms with Gasteiger partial charge in [0, 0.05) is 12.8 Å². The van der Waals surface area contributed by atoms with Gasteiger partial charge >= 0.3 is 0 Å². The van der Waals surface area contributed by atoms with E-state index < -0.39 is 0 Å². The quantitative estimate of drug-likeness (QED) is 0.324. The molecule has 0 fully saturated rings. The van der Waals surface area contributed by atoms with Gasteiger partial charge in [0.2, 0.25) is 0 Å². The van der Waals surface area contributed by atoms with Crippen LogP contribution in [0.15, 0.2) is 0 Å². The van der Waals surface area contributed by atoms with Gasteiger partial charge < -0.3 is 4.48 Å². The summed E-state index contributed by atoms with van der Waals surface area (Å²) in [7, 11) is 0. The van der Waals surface area contributed by atoms with Crippen LogP contribution in [0.2, 0.25) is 0 Å². The third kappa shape index (κ3) is 3.28. The minimum absolute atomic E-state index is 0.931. The molecule has 0 amide bonds. The zero-order valence-corrected chi connectivity index (χ0v) is 8.77. The van der Waals surface area contributed by atoms with Crippen LogP contribution in [0.4, 0.5) is 0 Å². The van der Waals surface area contributed by atoms with Crippen LogP contribution in [0.5, 0.6) is 0 Å². The highest BCUT2D eigenvalue weighted by atomic mass is 15.3. The molecule has 0 unspecified atom stereocenters. The highest BCUT2D eigenvalue weighted by Crippen LogP contribution is 2.07. The van der Waals surface area contributed by atoms with Crippen molar-refractivity contribution in [2.75, 3.05) is 26.2 Å². The highest BCUT2D eigenvalue weighted by Gasteiger charge is 2.18. The third-order valence-electron chi connectivity index (χ3n) is 2.97. The first kappa shape index (κ1) is 11.5. The van der Waals surface area contributed by atoms with Crippen LogP contribution in [-0.2, 0) is 0 Å². The van der Waals surface area contributed by atoms with Gasteiger partial charge in [-0.05, 0) is 20.8 Å². The SMILES string of the molecule is C#CCCC[N+](CC)(CC)CC. The zero-order valence-electron chi connectivity index (χ0n) is 8.77. The van der Waals surface area contributed by atoms with Crippen LogP contribution in [0.3, 0.4) is 0 Å². The molecule has 0 aliphatic heterocycles. The van der Waals surface area contributed by atoms with E-state index in [9.17, 15) is 0 Å². The normalized spacial score (nSPS) is 11.2. The molecule has 0 rings (SSSR count). The second kappa shape index (κ2) is 6.08. The van der Waals surface area contributed by atoms with E-state index in [2.05, 4.69) is 26.7 Å². The van der Waals surface area contributed by atoms with Gasteiger partial charge in [0.15, 0.2) is 0 Å². The van der Waals surface area contributed by atoms with Crippen LogP contribution in [0, 0.1) is 12.3 Å². The molecule has 0 radical (unpaired) electrons. The summed E-state index contributed by atoms with van der Waals surface area (Å²) in [5.74, 6) is 2.70. The smallest absolute Gasteiger partial charge is 0.0795 e. The molecule has 0 aromatic rings. The Bertz CT molecular complexity index is 131. The molecule has 12 heavy (non-hydrogen) atoms. The van der Waals surface area contributed by atoms with Gasteiger partial charge in [0.25, 0.3) is 0 Å². The fourth-order valence-electron chi connectivity index (χ4n) is 1.66. The average molecular weight is 168 g/mol. The number of hydrogen-bond acceptors (Lipinski definition) is 0. The maximum absolute atomic E-state index is 5.23. The fraction of sp³-hybridized carbons (Fsp3) is 0.818. The van der Waals surface area contributed by atoms with E-state index in [1.54, 1.807) is 0 Å². The molecule has 0 N–H and O–H groups in total. The minimum Gasteiger partial charge on any atom is -0.324 e. The van der Waals surface area contributed by atoms with E-state index in [0.29, 0.717) is 0 Å². The molecule has 0 aromatic carbocycles. The van der Waals surface area contributed by atoms with Crippen LogP contribution in [-0.4, -0.2) is 30.7 Å². The van der Waals surface area contributed by atoms with Gasteiger partial charge in [-0.3, -0.25) is 0 Å². The number of rotatable bonds is 6.